The monoisotopic (exact) mass is 296 g/mol. The van der Waals surface area contributed by atoms with Gasteiger partial charge >= 0.3 is 0 Å². The Morgan fingerprint density at radius 1 is 1.32 bits per heavy atom. The average molecular weight is 296 g/mol. The summed E-state index contributed by atoms with van der Waals surface area (Å²) in [4.78, 5) is 13.3. The first kappa shape index (κ1) is 14.2. The number of hydrogen-bond donors (Lipinski definition) is 1. The second-order valence-corrected chi connectivity index (χ2v) is 5.46. The number of nitrogens with one attached hydrogen (secondary N) is 1. The van der Waals surface area contributed by atoms with E-state index in [4.69, 9.17) is 0 Å². The molecule has 7 nitrogen and oxygen atoms in total. The lowest BCUT2D eigenvalue weighted by molar-refractivity contribution is -0.123. The quantitative estimate of drug-likeness (QED) is 0.917. The van der Waals surface area contributed by atoms with Gasteiger partial charge in [-0.2, -0.15) is 10.1 Å². The van der Waals surface area contributed by atoms with Gasteiger partial charge in [0.15, 0.2) is 0 Å². The molecule has 0 aliphatic heterocycles. The van der Waals surface area contributed by atoms with Gasteiger partial charge < -0.3 is 5.32 Å². The Kier molecular flexibility index (Phi) is 3.83. The van der Waals surface area contributed by atoms with Gasteiger partial charge in [0.1, 0.15) is 12.1 Å². The Balaban J connectivity index is 1.65. The van der Waals surface area contributed by atoms with Crippen LogP contribution >= 0.6 is 0 Å². The van der Waals surface area contributed by atoms with Crippen molar-refractivity contribution in [2.24, 2.45) is 0 Å². The SMILES string of the molecule is N#CC1(NC(=O)Cn2nnc(-c3ccccc3)n2)CCCC1. The highest BCUT2D eigenvalue weighted by molar-refractivity contribution is 5.77. The summed E-state index contributed by atoms with van der Waals surface area (Å²) < 4.78 is 0. The molecular weight excluding hydrogens is 280 g/mol. The predicted octanol–water partition coefficient (Wildman–Crippen LogP) is 1.29. The minimum atomic E-state index is -0.722. The minimum Gasteiger partial charge on any atom is -0.336 e. The molecule has 0 atom stereocenters. The molecule has 1 aromatic heterocycles. The summed E-state index contributed by atoms with van der Waals surface area (Å²) in [7, 11) is 0. The van der Waals surface area contributed by atoms with Gasteiger partial charge in [-0.25, -0.2) is 0 Å². The number of carbonyl (C=O) groups is 1. The molecule has 0 spiro atoms. The van der Waals surface area contributed by atoms with Crippen LogP contribution in [0.5, 0.6) is 0 Å². The van der Waals surface area contributed by atoms with Gasteiger partial charge in [0.05, 0.1) is 6.07 Å². The largest absolute Gasteiger partial charge is 0.336 e. The number of benzene rings is 1. The van der Waals surface area contributed by atoms with E-state index in [1.165, 1.54) is 4.80 Å². The van der Waals surface area contributed by atoms with Crippen LogP contribution in [0, 0.1) is 11.3 Å². The van der Waals surface area contributed by atoms with Crippen LogP contribution in [-0.2, 0) is 11.3 Å². The summed E-state index contributed by atoms with van der Waals surface area (Å²) in [6.45, 7) is -0.0384. The van der Waals surface area contributed by atoms with Crippen molar-refractivity contribution < 1.29 is 4.79 Å². The Bertz CT molecular complexity index is 696. The fourth-order valence-corrected chi connectivity index (χ4v) is 2.69. The number of nitriles is 1. The maximum atomic E-state index is 12.1. The number of nitrogens with zero attached hydrogens (tertiary/aromatic N) is 5. The molecule has 7 heteroatoms. The van der Waals surface area contributed by atoms with Crippen molar-refractivity contribution in [2.45, 2.75) is 37.8 Å². The van der Waals surface area contributed by atoms with Crippen molar-refractivity contribution >= 4 is 5.91 Å². The molecule has 1 saturated carbocycles. The number of hydrogen-bond acceptors (Lipinski definition) is 5. The van der Waals surface area contributed by atoms with Gasteiger partial charge in [0, 0.05) is 5.56 Å². The second-order valence-electron chi connectivity index (χ2n) is 5.46. The summed E-state index contributed by atoms with van der Waals surface area (Å²) in [6.07, 6.45) is 3.34. The molecule has 3 rings (SSSR count). The van der Waals surface area contributed by atoms with Crippen molar-refractivity contribution in [1.29, 1.82) is 5.26 Å². The van der Waals surface area contributed by atoms with Crippen molar-refractivity contribution in [1.82, 2.24) is 25.5 Å². The van der Waals surface area contributed by atoms with E-state index in [1.807, 2.05) is 30.3 Å². The smallest absolute Gasteiger partial charge is 0.244 e. The molecule has 1 N–H and O–H groups in total. The third kappa shape index (κ3) is 2.96. The molecule has 1 aliphatic carbocycles. The van der Waals surface area contributed by atoms with Crippen LogP contribution in [0.2, 0.25) is 0 Å². The summed E-state index contributed by atoms with van der Waals surface area (Å²) in [5.74, 6) is 0.213. The molecule has 1 aliphatic rings. The van der Waals surface area contributed by atoms with Gasteiger partial charge in [-0.05, 0) is 30.9 Å². The Morgan fingerprint density at radius 3 is 2.73 bits per heavy atom. The Hall–Kier alpha value is -2.75. The van der Waals surface area contributed by atoms with E-state index in [-0.39, 0.29) is 12.5 Å². The highest BCUT2D eigenvalue weighted by Crippen LogP contribution is 2.28. The number of aromatic nitrogens is 4. The minimum absolute atomic E-state index is 0.0384. The molecule has 22 heavy (non-hydrogen) atoms. The van der Waals surface area contributed by atoms with Gasteiger partial charge in [0.2, 0.25) is 11.7 Å². The van der Waals surface area contributed by atoms with Crippen LogP contribution in [0.25, 0.3) is 11.4 Å². The number of amides is 1. The molecule has 0 unspecified atom stereocenters. The molecule has 112 valence electrons. The Morgan fingerprint density at radius 2 is 2.05 bits per heavy atom. The van der Waals surface area contributed by atoms with Gasteiger partial charge in [0.25, 0.3) is 0 Å². The summed E-state index contributed by atoms with van der Waals surface area (Å²) in [6, 6.07) is 11.7. The third-order valence-electron chi connectivity index (χ3n) is 3.82. The molecule has 1 aromatic carbocycles. The maximum absolute atomic E-state index is 12.1. The first-order valence-corrected chi connectivity index (χ1v) is 7.26. The van der Waals surface area contributed by atoms with Crippen LogP contribution in [-0.4, -0.2) is 31.7 Å². The second kappa shape index (κ2) is 5.93. The first-order valence-electron chi connectivity index (χ1n) is 7.26. The zero-order valence-electron chi connectivity index (χ0n) is 12.1. The van der Waals surface area contributed by atoms with Crippen LogP contribution < -0.4 is 5.32 Å². The van der Waals surface area contributed by atoms with Gasteiger partial charge in [-0.15, -0.1) is 10.2 Å². The van der Waals surface area contributed by atoms with Gasteiger partial charge in [-0.3, -0.25) is 4.79 Å². The number of rotatable bonds is 4. The molecule has 1 fully saturated rings. The molecule has 0 saturated heterocycles. The van der Waals surface area contributed by atoms with Crippen molar-refractivity contribution in [3.05, 3.63) is 30.3 Å². The fourth-order valence-electron chi connectivity index (χ4n) is 2.69. The third-order valence-corrected chi connectivity index (χ3v) is 3.82. The van der Waals surface area contributed by atoms with Crippen LogP contribution in [0.15, 0.2) is 30.3 Å². The standard InChI is InChI=1S/C15H16N6O/c16-11-15(8-4-5-9-15)17-13(22)10-21-19-14(18-20-21)12-6-2-1-3-7-12/h1-3,6-7H,4-5,8-10H2,(H,17,22). The van der Waals surface area contributed by atoms with E-state index in [1.54, 1.807) is 0 Å². The lowest BCUT2D eigenvalue weighted by Gasteiger charge is -2.21. The zero-order chi connectivity index (χ0) is 15.4. The summed E-state index contributed by atoms with van der Waals surface area (Å²) in [5.41, 5.74) is 0.123. The molecule has 1 heterocycles. The maximum Gasteiger partial charge on any atom is 0.244 e. The topological polar surface area (TPSA) is 96.5 Å². The Labute approximate surface area is 127 Å². The van der Waals surface area contributed by atoms with E-state index in [2.05, 4.69) is 26.8 Å². The molecule has 1 amide bonds. The van der Waals surface area contributed by atoms with Crippen LogP contribution in [0.4, 0.5) is 0 Å². The lowest BCUT2D eigenvalue weighted by Crippen LogP contribution is -2.46. The van der Waals surface area contributed by atoms with Crippen molar-refractivity contribution in [3.63, 3.8) is 0 Å². The van der Waals surface area contributed by atoms with E-state index in [0.717, 1.165) is 18.4 Å². The molecular formula is C15H16N6O. The van der Waals surface area contributed by atoms with E-state index in [9.17, 15) is 10.1 Å². The molecule has 0 bridgehead atoms. The zero-order valence-corrected chi connectivity index (χ0v) is 12.1. The van der Waals surface area contributed by atoms with E-state index >= 15 is 0 Å². The summed E-state index contributed by atoms with van der Waals surface area (Å²) >= 11 is 0. The van der Waals surface area contributed by atoms with Crippen molar-refractivity contribution in [3.8, 4) is 17.5 Å². The van der Waals surface area contributed by atoms with Crippen LogP contribution in [0.1, 0.15) is 25.7 Å². The van der Waals surface area contributed by atoms with Crippen LogP contribution in [0.3, 0.4) is 0 Å². The highest BCUT2D eigenvalue weighted by atomic mass is 16.2. The van der Waals surface area contributed by atoms with Crippen molar-refractivity contribution in [2.75, 3.05) is 0 Å². The number of tetrazole rings is 1. The average Bonchev–Trinajstić information content (AvgIpc) is 3.18. The number of carbonyl (C=O) groups excluding carboxylic acids is 1. The predicted molar refractivity (Wildman–Crippen MR) is 78.2 cm³/mol. The lowest BCUT2D eigenvalue weighted by atomic mass is 10.00. The van der Waals surface area contributed by atoms with Gasteiger partial charge in [-0.1, -0.05) is 30.3 Å². The van der Waals surface area contributed by atoms with E-state index in [0.29, 0.717) is 18.7 Å². The van der Waals surface area contributed by atoms with E-state index < -0.39 is 5.54 Å². The normalized spacial score (nSPS) is 16.1. The highest BCUT2D eigenvalue weighted by Gasteiger charge is 2.35. The molecule has 0 radical (unpaired) electrons. The first-order chi connectivity index (χ1) is 10.7. The fraction of sp³-hybridized carbons (Fsp3) is 0.400. The summed E-state index contributed by atoms with van der Waals surface area (Å²) in [5, 5.41) is 24.1. The molecule has 2 aromatic rings.